The number of nitrogens with one attached hydrogen (secondary N) is 1. The lowest BCUT2D eigenvalue weighted by molar-refractivity contribution is 0.536. The average molecular weight is 203 g/mol. The molecule has 1 saturated heterocycles. The van der Waals surface area contributed by atoms with Crippen molar-refractivity contribution >= 4 is 23.5 Å². The average Bonchev–Trinajstić information content (AvgIpc) is 2.77. The highest BCUT2D eigenvalue weighted by atomic mass is 32.2. The van der Waals surface area contributed by atoms with Crippen LogP contribution in [-0.4, -0.2) is 28.2 Å². The molecular weight excluding hydrogens is 186 g/mol. The predicted octanol–water partition coefficient (Wildman–Crippen LogP) is 2.32. The van der Waals surface area contributed by atoms with Crippen molar-refractivity contribution in [2.75, 3.05) is 12.0 Å². The first-order valence-corrected chi connectivity index (χ1v) is 7.01. The zero-order chi connectivity index (χ0) is 8.60. The van der Waals surface area contributed by atoms with Crippen molar-refractivity contribution in [3.63, 3.8) is 0 Å². The lowest BCUT2D eigenvalue weighted by atomic mass is 10.2. The summed E-state index contributed by atoms with van der Waals surface area (Å²) in [7, 11) is 0. The fourth-order valence-electron chi connectivity index (χ4n) is 1.76. The van der Waals surface area contributed by atoms with Crippen molar-refractivity contribution in [2.45, 2.75) is 42.3 Å². The summed E-state index contributed by atoms with van der Waals surface area (Å²) in [6.45, 7) is 2.28. The van der Waals surface area contributed by atoms with Crippen LogP contribution in [-0.2, 0) is 0 Å². The van der Waals surface area contributed by atoms with Crippen LogP contribution < -0.4 is 5.32 Å². The van der Waals surface area contributed by atoms with Crippen LogP contribution in [0.3, 0.4) is 0 Å². The molecule has 2 atom stereocenters. The molecule has 1 aliphatic carbocycles. The van der Waals surface area contributed by atoms with Crippen LogP contribution in [0.2, 0.25) is 0 Å². The van der Waals surface area contributed by atoms with Gasteiger partial charge in [-0.05, 0) is 25.5 Å². The quantitative estimate of drug-likeness (QED) is 0.756. The first-order chi connectivity index (χ1) is 5.80. The number of thioether (sulfide) groups is 2. The van der Waals surface area contributed by atoms with Crippen LogP contribution in [0.1, 0.15) is 26.2 Å². The minimum absolute atomic E-state index is 0.620. The van der Waals surface area contributed by atoms with E-state index in [1.807, 2.05) is 0 Å². The van der Waals surface area contributed by atoms with Crippen LogP contribution in [0.25, 0.3) is 0 Å². The Morgan fingerprint density at radius 1 is 1.58 bits per heavy atom. The van der Waals surface area contributed by atoms with Gasteiger partial charge in [0, 0.05) is 16.5 Å². The van der Waals surface area contributed by atoms with E-state index in [-0.39, 0.29) is 0 Å². The lowest BCUT2D eigenvalue weighted by Crippen LogP contribution is -2.37. The van der Waals surface area contributed by atoms with Gasteiger partial charge in [0.1, 0.15) is 0 Å². The molecule has 0 bridgehead atoms. The minimum atomic E-state index is 0.620. The molecule has 1 saturated carbocycles. The lowest BCUT2D eigenvalue weighted by Gasteiger charge is -2.20. The maximum atomic E-state index is 3.74. The summed E-state index contributed by atoms with van der Waals surface area (Å²) in [6, 6.07) is 0.782. The maximum absolute atomic E-state index is 3.74. The normalized spacial score (nSPS) is 38.5. The molecule has 3 heteroatoms. The Hall–Kier alpha value is 0.660. The second kappa shape index (κ2) is 3.43. The van der Waals surface area contributed by atoms with Gasteiger partial charge in [-0.2, -0.15) is 11.8 Å². The SMILES string of the molecule is CCC1CSC(C2(SC)CC2)N1. The van der Waals surface area contributed by atoms with Gasteiger partial charge in [0.15, 0.2) is 0 Å². The number of hydrogen-bond acceptors (Lipinski definition) is 3. The van der Waals surface area contributed by atoms with Gasteiger partial charge in [0.25, 0.3) is 0 Å². The van der Waals surface area contributed by atoms with Gasteiger partial charge in [0.05, 0.1) is 5.37 Å². The molecule has 0 aromatic carbocycles. The summed E-state index contributed by atoms with van der Waals surface area (Å²) in [5.74, 6) is 1.32. The van der Waals surface area contributed by atoms with Gasteiger partial charge in [-0.1, -0.05) is 6.92 Å². The highest BCUT2D eigenvalue weighted by Gasteiger charge is 2.51. The molecule has 1 nitrogen and oxygen atoms in total. The molecule has 0 aromatic heterocycles. The molecule has 2 rings (SSSR count). The Kier molecular flexibility index (Phi) is 2.64. The molecule has 2 unspecified atom stereocenters. The Labute approximate surface area is 83.4 Å². The van der Waals surface area contributed by atoms with Crippen LogP contribution >= 0.6 is 23.5 Å². The third-order valence-corrected chi connectivity index (χ3v) is 6.09. The van der Waals surface area contributed by atoms with E-state index < -0.39 is 0 Å². The Bertz CT molecular complexity index is 168. The molecule has 70 valence electrons. The fraction of sp³-hybridized carbons (Fsp3) is 1.00. The van der Waals surface area contributed by atoms with Crippen molar-refractivity contribution in [3.8, 4) is 0 Å². The second-order valence-electron chi connectivity index (χ2n) is 3.75. The van der Waals surface area contributed by atoms with Crippen LogP contribution in [0.4, 0.5) is 0 Å². The minimum Gasteiger partial charge on any atom is -0.301 e. The summed E-state index contributed by atoms with van der Waals surface area (Å²) >= 11 is 4.20. The predicted molar refractivity (Wildman–Crippen MR) is 58.9 cm³/mol. The van der Waals surface area contributed by atoms with Crippen molar-refractivity contribution in [1.29, 1.82) is 0 Å². The fourth-order valence-corrected chi connectivity index (χ4v) is 4.63. The Morgan fingerprint density at radius 2 is 2.33 bits per heavy atom. The highest BCUT2D eigenvalue weighted by Crippen LogP contribution is 2.54. The van der Waals surface area contributed by atoms with E-state index in [4.69, 9.17) is 0 Å². The standard InChI is InChI=1S/C9H17NS2/c1-3-7-6-12-8(10-7)9(11-2)4-5-9/h7-8,10H,3-6H2,1-2H3. The topological polar surface area (TPSA) is 12.0 Å². The largest absolute Gasteiger partial charge is 0.301 e. The van der Waals surface area contributed by atoms with Gasteiger partial charge in [-0.3, -0.25) is 0 Å². The molecule has 0 radical (unpaired) electrons. The number of rotatable bonds is 3. The van der Waals surface area contributed by atoms with E-state index >= 15 is 0 Å². The monoisotopic (exact) mass is 203 g/mol. The van der Waals surface area contributed by atoms with Crippen molar-refractivity contribution < 1.29 is 0 Å². The van der Waals surface area contributed by atoms with E-state index in [0.29, 0.717) is 4.75 Å². The zero-order valence-corrected chi connectivity index (χ0v) is 9.43. The van der Waals surface area contributed by atoms with E-state index in [1.54, 1.807) is 0 Å². The molecule has 2 aliphatic rings. The van der Waals surface area contributed by atoms with E-state index in [0.717, 1.165) is 11.4 Å². The van der Waals surface area contributed by atoms with Gasteiger partial charge in [-0.25, -0.2) is 0 Å². The van der Waals surface area contributed by atoms with Gasteiger partial charge in [-0.15, -0.1) is 11.8 Å². The first-order valence-electron chi connectivity index (χ1n) is 4.73. The van der Waals surface area contributed by atoms with E-state index in [1.165, 1.54) is 25.0 Å². The Morgan fingerprint density at radius 3 is 2.75 bits per heavy atom. The maximum Gasteiger partial charge on any atom is 0.0683 e. The molecule has 2 fully saturated rings. The highest BCUT2D eigenvalue weighted by molar-refractivity contribution is 8.04. The first kappa shape index (κ1) is 9.22. The molecule has 12 heavy (non-hydrogen) atoms. The van der Waals surface area contributed by atoms with Gasteiger partial charge in [0.2, 0.25) is 0 Å². The van der Waals surface area contributed by atoms with Crippen LogP contribution in [0.15, 0.2) is 0 Å². The van der Waals surface area contributed by atoms with Gasteiger partial charge >= 0.3 is 0 Å². The molecule has 0 amide bonds. The third kappa shape index (κ3) is 1.51. The second-order valence-corrected chi connectivity index (χ2v) is 6.11. The summed E-state index contributed by atoms with van der Waals surface area (Å²) in [5.41, 5.74) is 0. The summed E-state index contributed by atoms with van der Waals surface area (Å²) in [4.78, 5) is 0. The molecule has 0 aromatic rings. The van der Waals surface area contributed by atoms with E-state index in [2.05, 4.69) is 42.0 Å². The van der Waals surface area contributed by atoms with Crippen molar-refractivity contribution in [1.82, 2.24) is 5.32 Å². The third-order valence-electron chi connectivity index (χ3n) is 2.97. The van der Waals surface area contributed by atoms with Crippen molar-refractivity contribution in [2.24, 2.45) is 0 Å². The van der Waals surface area contributed by atoms with Crippen LogP contribution in [0.5, 0.6) is 0 Å². The molecular formula is C9H17NS2. The molecule has 1 heterocycles. The molecule has 1 N–H and O–H groups in total. The summed E-state index contributed by atoms with van der Waals surface area (Å²) in [5, 5.41) is 4.48. The smallest absolute Gasteiger partial charge is 0.0683 e. The van der Waals surface area contributed by atoms with Crippen molar-refractivity contribution in [3.05, 3.63) is 0 Å². The Balaban J connectivity index is 1.90. The zero-order valence-electron chi connectivity index (χ0n) is 7.80. The van der Waals surface area contributed by atoms with Gasteiger partial charge < -0.3 is 5.32 Å². The van der Waals surface area contributed by atoms with E-state index in [9.17, 15) is 0 Å². The van der Waals surface area contributed by atoms with Crippen LogP contribution in [0, 0.1) is 0 Å². The number of hydrogen-bond donors (Lipinski definition) is 1. The summed E-state index contributed by atoms with van der Waals surface area (Å²) < 4.78 is 0.620. The summed E-state index contributed by atoms with van der Waals surface area (Å²) in [6.07, 6.45) is 6.40. The molecule has 1 aliphatic heterocycles. The molecule has 0 spiro atoms.